The van der Waals surface area contributed by atoms with Crippen molar-refractivity contribution in [1.29, 1.82) is 0 Å². The Hall–Kier alpha value is -4.98. The van der Waals surface area contributed by atoms with Gasteiger partial charge in [0.25, 0.3) is 17.7 Å². The standard InChI is InChI=1S/C30H22FN3O4/c1-38-26-15-12-19(16-20(26)17-33-29(36)22-6-2-3-7-23(22)30(33)37)27-32-24-8-4-5-9-25(24)34(27)28(35)18-10-13-21(31)14-11-18/h2-16,27,32H,17H2,1H3. The lowest BCUT2D eigenvalue weighted by Gasteiger charge is -2.26. The van der Waals surface area contributed by atoms with Crippen molar-refractivity contribution in [2.45, 2.75) is 12.7 Å². The number of anilines is 2. The first-order chi connectivity index (χ1) is 18.5. The molecule has 1 N–H and O–H groups in total. The number of hydrogen-bond acceptors (Lipinski definition) is 5. The first kappa shape index (κ1) is 23.4. The van der Waals surface area contributed by atoms with Crippen LogP contribution in [0.4, 0.5) is 15.8 Å². The molecule has 6 rings (SSSR count). The van der Waals surface area contributed by atoms with Gasteiger partial charge in [-0.15, -0.1) is 0 Å². The number of carbonyl (C=O) groups is 3. The average molecular weight is 508 g/mol. The van der Waals surface area contributed by atoms with Gasteiger partial charge in [0, 0.05) is 11.1 Å². The molecule has 0 bridgehead atoms. The summed E-state index contributed by atoms with van der Waals surface area (Å²) in [5.74, 6) is -0.941. The number of para-hydroxylation sites is 2. The summed E-state index contributed by atoms with van der Waals surface area (Å²) >= 11 is 0. The fourth-order valence-corrected chi connectivity index (χ4v) is 4.99. The van der Waals surface area contributed by atoms with Gasteiger partial charge in [-0.2, -0.15) is 0 Å². The fraction of sp³-hybridized carbons (Fsp3) is 0.100. The Labute approximate surface area is 218 Å². The van der Waals surface area contributed by atoms with E-state index in [0.29, 0.717) is 33.7 Å². The number of nitrogens with one attached hydrogen (secondary N) is 1. The lowest BCUT2D eigenvalue weighted by Crippen LogP contribution is -2.34. The first-order valence-corrected chi connectivity index (χ1v) is 12.0. The molecule has 2 heterocycles. The molecule has 3 amide bonds. The minimum Gasteiger partial charge on any atom is -0.496 e. The number of ether oxygens (including phenoxy) is 1. The van der Waals surface area contributed by atoms with Gasteiger partial charge in [0.15, 0.2) is 0 Å². The SMILES string of the molecule is COc1ccc(C2Nc3ccccc3N2C(=O)c2ccc(F)cc2)cc1CN1C(=O)c2ccccc2C1=O. The topological polar surface area (TPSA) is 79.0 Å². The molecule has 1 unspecified atom stereocenters. The highest BCUT2D eigenvalue weighted by Gasteiger charge is 2.37. The fourth-order valence-electron chi connectivity index (χ4n) is 4.99. The third-order valence-corrected chi connectivity index (χ3v) is 6.85. The number of imide groups is 1. The number of carbonyl (C=O) groups excluding carboxylic acids is 3. The Bertz CT molecular complexity index is 1570. The summed E-state index contributed by atoms with van der Waals surface area (Å²) < 4.78 is 19.1. The van der Waals surface area contributed by atoms with E-state index in [2.05, 4.69) is 5.32 Å². The van der Waals surface area contributed by atoms with E-state index < -0.39 is 12.0 Å². The van der Waals surface area contributed by atoms with Gasteiger partial charge in [-0.3, -0.25) is 24.2 Å². The van der Waals surface area contributed by atoms with Crippen LogP contribution in [-0.4, -0.2) is 29.7 Å². The average Bonchev–Trinajstić information content (AvgIpc) is 3.45. The number of amides is 3. The maximum atomic E-state index is 13.6. The minimum absolute atomic E-state index is 0.00887. The number of fused-ring (bicyclic) bond motifs is 2. The van der Waals surface area contributed by atoms with E-state index in [1.54, 1.807) is 35.2 Å². The third kappa shape index (κ3) is 3.78. The molecule has 4 aromatic carbocycles. The van der Waals surface area contributed by atoms with Crippen molar-refractivity contribution < 1.29 is 23.5 Å². The van der Waals surface area contributed by atoms with Gasteiger partial charge in [-0.1, -0.05) is 30.3 Å². The molecular weight excluding hydrogens is 485 g/mol. The van der Waals surface area contributed by atoms with Crippen LogP contribution < -0.4 is 15.0 Å². The van der Waals surface area contributed by atoms with Gasteiger partial charge in [0.05, 0.1) is 36.2 Å². The summed E-state index contributed by atoms with van der Waals surface area (Å²) in [4.78, 5) is 42.5. The summed E-state index contributed by atoms with van der Waals surface area (Å²) in [6.07, 6.45) is -0.586. The van der Waals surface area contributed by atoms with Crippen LogP contribution >= 0.6 is 0 Å². The maximum absolute atomic E-state index is 13.6. The van der Waals surface area contributed by atoms with Crippen LogP contribution in [0.2, 0.25) is 0 Å². The number of rotatable bonds is 5. The van der Waals surface area contributed by atoms with Crippen LogP contribution in [-0.2, 0) is 6.54 Å². The smallest absolute Gasteiger partial charge is 0.261 e. The Morgan fingerprint density at radius 1 is 0.895 bits per heavy atom. The van der Waals surface area contributed by atoms with Crippen molar-refractivity contribution >= 4 is 29.1 Å². The van der Waals surface area contributed by atoms with Crippen molar-refractivity contribution in [3.05, 3.63) is 125 Å². The van der Waals surface area contributed by atoms with Gasteiger partial charge in [0.2, 0.25) is 0 Å². The first-order valence-electron chi connectivity index (χ1n) is 12.0. The van der Waals surface area contributed by atoms with Gasteiger partial charge in [-0.25, -0.2) is 4.39 Å². The van der Waals surface area contributed by atoms with E-state index >= 15 is 0 Å². The highest BCUT2D eigenvalue weighted by atomic mass is 19.1. The van der Waals surface area contributed by atoms with E-state index in [4.69, 9.17) is 4.74 Å². The Morgan fingerprint density at radius 2 is 1.55 bits per heavy atom. The molecule has 0 saturated carbocycles. The zero-order valence-corrected chi connectivity index (χ0v) is 20.4. The molecule has 1 atom stereocenters. The van der Waals surface area contributed by atoms with E-state index in [0.717, 1.165) is 11.3 Å². The second-order valence-electron chi connectivity index (χ2n) is 9.06. The van der Waals surface area contributed by atoms with Crippen LogP contribution in [0.15, 0.2) is 91.0 Å². The molecule has 4 aromatic rings. The summed E-state index contributed by atoms with van der Waals surface area (Å²) in [7, 11) is 1.52. The maximum Gasteiger partial charge on any atom is 0.261 e. The van der Waals surface area contributed by atoms with Crippen molar-refractivity contribution in [1.82, 2.24) is 4.90 Å². The normalized spacial score (nSPS) is 15.8. The molecule has 188 valence electrons. The Kier molecular flexibility index (Phi) is 5.64. The zero-order chi connectivity index (χ0) is 26.4. The molecule has 0 spiro atoms. The number of methoxy groups -OCH3 is 1. The highest BCUT2D eigenvalue weighted by Crippen LogP contribution is 2.43. The van der Waals surface area contributed by atoms with Crippen LogP contribution in [0.3, 0.4) is 0 Å². The van der Waals surface area contributed by atoms with Crippen molar-refractivity contribution in [2.75, 3.05) is 17.3 Å². The van der Waals surface area contributed by atoms with Gasteiger partial charge in [-0.05, 0) is 66.2 Å². The lowest BCUT2D eigenvalue weighted by atomic mass is 10.1. The summed E-state index contributed by atoms with van der Waals surface area (Å²) in [6, 6.07) is 25.0. The lowest BCUT2D eigenvalue weighted by molar-refractivity contribution is 0.0641. The third-order valence-electron chi connectivity index (χ3n) is 6.85. The van der Waals surface area contributed by atoms with Crippen LogP contribution in [0, 0.1) is 5.82 Å². The van der Waals surface area contributed by atoms with Crippen LogP contribution in [0.25, 0.3) is 0 Å². The predicted octanol–water partition coefficient (Wildman–Crippen LogP) is 5.40. The van der Waals surface area contributed by atoms with Gasteiger partial charge >= 0.3 is 0 Å². The molecule has 38 heavy (non-hydrogen) atoms. The van der Waals surface area contributed by atoms with Gasteiger partial charge in [0.1, 0.15) is 17.7 Å². The Morgan fingerprint density at radius 3 is 2.24 bits per heavy atom. The van der Waals surface area contributed by atoms with Crippen molar-refractivity contribution in [2.24, 2.45) is 0 Å². The highest BCUT2D eigenvalue weighted by molar-refractivity contribution is 6.21. The monoisotopic (exact) mass is 507 g/mol. The van der Waals surface area contributed by atoms with E-state index in [-0.39, 0.29) is 24.3 Å². The molecule has 2 aliphatic rings. The largest absolute Gasteiger partial charge is 0.496 e. The van der Waals surface area contributed by atoms with Gasteiger partial charge < -0.3 is 10.1 Å². The van der Waals surface area contributed by atoms with Crippen LogP contribution in [0.1, 0.15) is 48.4 Å². The molecule has 0 saturated heterocycles. The van der Waals surface area contributed by atoms with Crippen LogP contribution in [0.5, 0.6) is 5.75 Å². The predicted molar refractivity (Wildman–Crippen MR) is 140 cm³/mol. The summed E-state index contributed by atoms with van der Waals surface area (Å²) in [6.45, 7) is 0.00887. The van der Waals surface area contributed by atoms with Crippen molar-refractivity contribution in [3.63, 3.8) is 0 Å². The molecule has 8 heteroatoms. The molecule has 0 aromatic heterocycles. The molecule has 0 fully saturated rings. The molecule has 2 aliphatic heterocycles. The molecule has 7 nitrogen and oxygen atoms in total. The number of halogens is 1. The number of nitrogens with zero attached hydrogens (tertiary/aromatic N) is 2. The molecule has 0 aliphatic carbocycles. The van der Waals surface area contributed by atoms with E-state index in [1.165, 1.54) is 36.3 Å². The van der Waals surface area contributed by atoms with Crippen molar-refractivity contribution in [3.8, 4) is 5.75 Å². The van der Waals surface area contributed by atoms with E-state index in [1.807, 2.05) is 36.4 Å². The Balaban J connectivity index is 1.37. The number of hydrogen-bond donors (Lipinski definition) is 1. The number of benzene rings is 4. The molecule has 0 radical (unpaired) electrons. The quantitative estimate of drug-likeness (QED) is 0.366. The zero-order valence-electron chi connectivity index (χ0n) is 20.4. The summed E-state index contributed by atoms with van der Waals surface area (Å²) in [5, 5.41) is 3.40. The van der Waals surface area contributed by atoms with E-state index in [9.17, 15) is 18.8 Å². The minimum atomic E-state index is -0.586. The second kappa shape index (κ2) is 9.15. The molecular formula is C30H22FN3O4. The summed E-state index contributed by atoms with van der Waals surface area (Å²) in [5.41, 5.74) is 3.88. The second-order valence-corrected chi connectivity index (χ2v) is 9.06.